The molecule has 0 aliphatic heterocycles. The van der Waals surface area contributed by atoms with E-state index in [0.29, 0.717) is 15.8 Å². The highest BCUT2D eigenvalue weighted by molar-refractivity contribution is 8.00. The van der Waals surface area contributed by atoms with E-state index in [4.69, 9.17) is 11.6 Å². The number of carbonyl (C=O) groups excluding carboxylic acids is 1. The second-order valence-electron chi connectivity index (χ2n) is 3.99. The summed E-state index contributed by atoms with van der Waals surface area (Å²) in [5.41, 5.74) is 2.65. The molecule has 2 heterocycles. The summed E-state index contributed by atoms with van der Waals surface area (Å²) in [5.74, 6) is 0.429. The third kappa shape index (κ3) is 2.94. The fourth-order valence-electron chi connectivity index (χ4n) is 1.70. The van der Waals surface area contributed by atoms with E-state index in [-0.39, 0.29) is 5.78 Å². The van der Waals surface area contributed by atoms with Gasteiger partial charge in [0.25, 0.3) is 0 Å². The van der Waals surface area contributed by atoms with Crippen molar-refractivity contribution in [3.8, 4) is 0 Å². The molecule has 0 unspecified atom stereocenters. The number of nitrogens with one attached hydrogen (secondary N) is 1. The maximum Gasteiger partial charge on any atom is 0.174 e. The van der Waals surface area contributed by atoms with Crippen LogP contribution in [0.2, 0.25) is 5.02 Å². The highest BCUT2D eigenvalue weighted by Crippen LogP contribution is 2.25. The van der Waals surface area contributed by atoms with E-state index >= 15 is 0 Å². The molecule has 0 aliphatic carbocycles. The minimum Gasteiger partial charge on any atom is -0.362 e. The molecule has 3 nitrogen and oxygen atoms in total. The highest BCUT2D eigenvalue weighted by atomic mass is 35.5. The Labute approximate surface area is 115 Å². The number of halogens is 1. The summed E-state index contributed by atoms with van der Waals surface area (Å²) in [6.45, 7) is 3.84. The number of ketones is 1. The number of carbonyl (C=O) groups is 1. The molecule has 0 saturated carbocycles. The zero-order chi connectivity index (χ0) is 13.1. The number of aromatic amines is 1. The summed E-state index contributed by atoms with van der Waals surface area (Å²) in [6, 6.07) is 5.42. The number of rotatable bonds is 4. The number of nitrogens with zero attached hydrogens (tertiary/aromatic N) is 1. The predicted molar refractivity (Wildman–Crippen MR) is 74.6 cm³/mol. The van der Waals surface area contributed by atoms with Crippen molar-refractivity contribution in [2.45, 2.75) is 18.9 Å². The van der Waals surface area contributed by atoms with Crippen LogP contribution in [0.4, 0.5) is 0 Å². The number of thioether (sulfide) groups is 1. The molecule has 2 aromatic rings. The molecule has 0 radical (unpaired) electrons. The van der Waals surface area contributed by atoms with Crippen molar-refractivity contribution < 1.29 is 4.79 Å². The Morgan fingerprint density at radius 2 is 2.28 bits per heavy atom. The summed E-state index contributed by atoms with van der Waals surface area (Å²) < 4.78 is 0. The maximum absolute atomic E-state index is 12.1. The summed E-state index contributed by atoms with van der Waals surface area (Å²) in [4.78, 5) is 19.3. The predicted octanol–water partition coefficient (Wildman–Crippen LogP) is 3.65. The molecule has 0 atom stereocenters. The lowest BCUT2D eigenvalue weighted by Crippen LogP contribution is -2.03. The molecule has 0 aromatic carbocycles. The van der Waals surface area contributed by atoms with Gasteiger partial charge in [-0.15, -0.1) is 0 Å². The zero-order valence-electron chi connectivity index (χ0n) is 10.2. The smallest absolute Gasteiger partial charge is 0.174 e. The molecule has 0 saturated heterocycles. The molecule has 0 fully saturated rings. The van der Waals surface area contributed by atoms with Crippen LogP contribution in [-0.4, -0.2) is 21.5 Å². The topological polar surface area (TPSA) is 45.8 Å². The van der Waals surface area contributed by atoms with Crippen LogP contribution in [0.3, 0.4) is 0 Å². The van der Waals surface area contributed by atoms with Crippen LogP contribution in [0.5, 0.6) is 0 Å². The quantitative estimate of drug-likeness (QED) is 0.687. The Bertz CT molecular complexity index is 580. The number of H-pyrrole nitrogens is 1. The molecule has 0 aliphatic rings. The van der Waals surface area contributed by atoms with Gasteiger partial charge in [-0.2, -0.15) is 0 Å². The van der Waals surface area contributed by atoms with Gasteiger partial charge < -0.3 is 4.98 Å². The molecule has 18 heavy (non-hydrogen) atoms. The van der Waals surface area contributed by atoms with Crippen LogP contribution in [-0.2, 0) is 0 Å². The third-order valence-corrected chi connectivity index (χ3v) is 3.94. The Morgan fingerprint density at radius 1 is 1.50 bits per heavy atom. The van der Waals surface area contributed by atoms with Gasteiger partial charge in [-0.3, -0.25) is 4.79 Å². The first-order chi connectivity index (χ1) is 8.58. The average Bonchev–Trinajstić information content (AvgIpc) is 2.67. The molecule has 2 aromatic heterocycles. The second kappa shape index (κ2) is 5.59. The van der Waals surface area contributed by atoms with Crippen molar-refractivity contribution in [2.75, 3.05) is 5.75 Å². The van der Waals surface area contributed by atoms with E-state index < -0.39 is 0 Å². The molecule has 0 amide bonds. The van der Waals surface area contributed by atoms with Gasteiger partial charge in [0.05, 0.1) is 10.8 Å². The van der Waals surface area contributed by atoms with Gasteiger partial charge in [0.2, 0.25) is 0 Å². The van der Waals surface area contributed by atoms with Crippen LogP contribution >= 0.6 is 23.4 Å². The van der Waals surface area contributed by atoms with E-state index in [1.54, 1.807) is 18.3 Å². The first-order valence-corrected chi connectivity index (χ1v) is 6.87. The molecule has 1 N–H and O–H groups in total. The molecule has 0 spiro atoms. The van der Waals surface area contributed by atoms with Gasteiger partial charge in [0.1, 0.15) is 5.03 Å². The van der Waals surface area contributed by atoms with Crippen molar-refractivity contribution in [1.29, 1.82) is 0 Å². The Balaban J connectivity index is 2.05. The molecule has 0 bridgehead atoms. The van der Waals surface area contributed by atoms with Gasteiger partial charge in [0, 0.05) is 23.1 Å². The zero-order valence-corrected chi connectivity index (χ0v) is 11.7. The number of Topliss-reactive ketones (excluding diaryl/α,β-unsaturated/α-hetero) is 1. The van der Waals surface area contributed by atoms with Gasteiger partial charge in [-0.25, -0.2) is 4.98 Å². The average molecular weight is 281 g/mol. The monoisotopic (exact) mass is 280 g/mol. The van der Waals surface area contributed by atoms with Crippen LogP contribution in [0.1, 0.15) is 21.7 Å². The summed E-state index contributed by atoms with van der Waals surface area (Å²) in [7, 11) is 0. The van der Waals surface area contributed by atoms with Gasteiger partial charge in [0.15, 0.2) is 5.78 Å². The standard InChI is InChI=1S/C13H13ClN2OS/c1-8-6-10(9(2)16-8)12(17)7-18-13-11(14)4-3-5-15-13/h3-6,16H,7H2,1-2H3. The summed E-state index contributed by atoms with van der Waals surface area (Å²) >= 11 is 7.35. The third-order valence-electron chi connectivity index (χ3n) is 2.51. The number of aryl methyl sites for hydroxylation is 2. The number of hydrogen-bond donors (Lipinski definition) is 1. The van der Waals surface area contributed by atoms with Crippen molar-refractivity contribution in [3.63, 3.8) is 0 Å². The fraction of sp³-hybridized carbons (Fsp3) is 0.231. The molecular weight excluding hydrogens is 268 g/mol. The minimum absolute atomic E-state index is 0.0866. The van der Waals surface area contributed by atoms with Gasteiger partial charge >= 0.3 is 0 Å². The highest BCUT2D eigenvalue weighted by Gasteiger charge is 2.13. The molecule has 5 heteroatoms. The van der Waals surface area contributed by atoms with E-state index in [0.717, 1.165) is 17.0 Å². The van der Waals surface area contributed by atoms with Crippen LogP contribution in [0.25, 0.3) is 0 Å². The van der Waals surface area contributed by atoms with E-state index in [2.05, 4.69) is 9.97 Å². The first-order valence-electron chi connectivity index (χ1n) is 5.50. The largest absolute Gasteiger partial charge is 0.362 e. The first kappa shape index (κ1) is 13.2. The lowest BCUT2D eigenvalue weighted by atomic mass is 10.2. The Kier molecular flexibility index (Phi) is 4.09. The van der Waals surface area contributed by atoms with Crippen LogP contribution in [0, 0.1) is 13.8 Å². The van der Waals surface area contributed by atoms with Crippen molar-refractivity contribution in [1.82, 2.24) is 9.97 Å². The molecule has 94 valence electrons. The van der Waals surface area contributed by atoms with Crippen molar-refractivity contribution in [3.05, 3.63) is 46.4 Å². The summed E-state index contributed by atoms with van der Waals surface area (Å²) in [6.07, 6.45) is 1.67. The van der Waals surface area contributed by atoms with E-state index in [9.17, 15) is 4.79 Å². The maximum atomic E-state index is 12.1. The lowest BCUT2D eigenvalue weighted by molar-refractivity contribution is 0.102. The SMILES string of the molecule is Cc1cc(C(=O)CSc2ncccc2Cl)c(C)[nH]1. The Hall–Kier alpha value is -1.26. The van der Waals surface area contributed by atoms with E-state index in [1.165, 1.54) is 11.8 Å². The lowest BCUT2D eigenvalue weighted by Gasteiger charge is -2.02. The molecular formula is C13H13ClN2OS. The number of hydrogen-bond acceptors (Lipinski definition) is 3. The Morgan fingerprint density at radius 3 is 2.89 bits per heavy atom. The van der Waals surface area contributed by atoms with Crippen molar-refractivity contribution >= 4 is 29.1 Å². The van der Waals surface area contributed by atoms with E-state index in [1.807, 2.05) is 19.9 Å². The molecule has 2 rings (SSSR count). The minimum atomic E-state index is 0.0866. The van der Waals surface area contributed by atoms with Gasteiger partial charge in [-0.05, 0) is 32.0 Å². The number of pyridine rings is 1. The van der Waals surface area contributed by atoms with Crippen LogP contribution < -0.4 is 0 Å². The summed E-state index contributed by atoms with van der Waals surface area (Å²) in [5, 5.41) is 1.27. The van der Waals surface area contributed by atoms with Gasteiger partial charge in [-0.1, -0.05) is 23.4 Å². The van der Waals surface area contributed by atoms with Crippen LogP contribution in [0.15, 0.2) is 29.4 Å². The second-order valence-corrected chi connectivity index (χ2v) is 5.36. The van der Waals surface area contributed by atoms with Crippen molar-refractivity contribution in [2.24, 2.45) is 0 Å². The normalized spacial score (nSPS) is 10.6. The fourth-order valence-corrected chi connectivity index (χ4v) is 2.75. The number of aromatic nitrogens is 2.